The van der Waals surface area contributed by atoms with Crippen LogP contribution in [0.4, 0.5) is 22.4 Å². The largest absolute Gasteiger partial charge is 0.361 e. The van der Waals surface area contributed by atoms with Crippen LogP contribution in [0.1, 0.15) is 36.1 Å². The molecule has 0 saturated heterocycles. The van der Waals surface area contributed by atoms with Gasteiger partial charge < -0.3 is 0 Å². The molecule has 0 radical (unpaired) electrons. The predicted octanol–water partition coefficient (Wildman–Crippen LogP) is 4.53. The highest BCUT2D eigenvalue weighted by Crippen LogP contribution is 2.35. The number of nitrogens with zero attached hydrogens (tertiary/aromatic N) is 4. The van der Waals surface area contributed by atoms with Crippen LogP contribution in [0.5, 0.6) is 0 Å². The van der Waals surface area contributed by atoms with Crippen LogP contribution in [0.25, 0.3) is 0 Å². The minimum absolute atomic E-state index is 0.250. The quantitative estimate of drug-likeness (QED) is 0.695. The van der Waals surface area contributed by atoms with E-state index in [1.807, 2.05) is 0 Å². The van der Waals surface area contributed by atoms with Gasteiger partial charge in [-0.2, -0.15) is 10.2 Å². The minimum Gasteiger partial charge on any atom is -0.244 e. The summed E-state index contributed by atoms with van der Waals surface area (Å²) in [7, 11) is 0. The number of rotatable bonds is 2. The van der Waals surface area contributed by atoms with E-state index >= 15 is 0 Å². The van der Waals surface area contributed by atoms with Gasteiger partial charge in [0, 0.05) is 37.4 Å². The van der Waals surface area contributed by atoms with E-state index in [0.29, 0.717) is 0 Å². The van der Waals surface area contributed by atoms with Crippen molar-refractivity contribution < 1.29 is 22.4 Å². The van der Waals surface area contributed by atoms with Gasteiger partial charge in [0.05, 0.1) is 12.1 Å². The molecule has 0 N–H and O–H groups in total. The van der Waals surface area contributed by atoms with Gasteiger partial charge in [-0.25, -0.2) is 32.4 Å². The van der Waals surface area contributed by atoms with Gasteiger partial charge in [0.1, 0.15) is 23.3 Å². The van der Waals surface area contributed by atoms with Crippen LogP contribution in [0, 0.1) is 23.3 Å². The lowest BCUT2D eigenvalue weighted by atomic mass is 10.0. The lowest BCUT2D eigenvalue weighted by molar-refractivity contribution is 0.131. The van der Waals surface area contributed by atoms with E-state index in [9.17, 15) is 22.4 Å². The summed E-state index contributed by atoms with van der Waals surface area (Å²) in [6.07, 6.45) is 3.46. The lowest BCUT2D eigenvalue weighted by Gasteiger charge is -2.29. The van der Waals surface area contributed by atoms with Gasteiger partial charge in [-0.3, -0.25) is 0 Å². The molecule has 2 aromatic carbocycles. The van der Waals surface area contributed by atoms with Gasteiger partial charge in [0.15, 0.2) is 0 Å². The predicted molar refractivity (Wildman–Crippen MR) is 93.5 cm³/mol. The van der Waals surface area contributed by atoms with Gasteiger partial charge in [-0.05, 0) is 35.4 Å². The maximum Gasteiger partial charge on any atom is 0.361 e. The van der Waals surface area contributed by atoms with Crippen molar-refractivity contribution in [3.63, 3.8) is 0 Å². The second-order valence-electron chi connectivity index (χ2n) is 6.48. The monoisotopic (exact) mass is 390 g/mol. The third-order valence-electron chi connectivity index (χ3n) is 4.59. The molecule has 0 saturated carbocycles. The molecule has 2 aliphatic rings. The van der Waals surface area contributed by atoms with Crippen LogP contribution in [0.2, 0.25) is 0 Å². The normalized spacial score (nSPS) is 21.0. The summed E-state index contributed by atoms with van der Waals surface area (Å²) >= 11 is 0. The van der Waals surface area contributed by atoms with E-state index in [1.54, 1.807) is 0 Å². The first-order valence-corrected chi connectivity index (χ1v) is 8.51. The Morgan fingerprint density at radius 1 is 0.714 bits per heavy atom. The Morgan fingerprint density at radius 2 is 1.07 bits per heavy atom. The molecule has 2 amide bonds. The highest BCUT2D eigenvalue weighted by atomic mass is 19.1. The third-order valence-corrected chi connectivity index (χ3v) is 4.59. The number of urea groups is 1. The first-order valence-electron chi connectivity index (χ1n) is 8.51. The van der Waals surface area contributed by atoms with Gasteiger partial charge in [0.25, 0.3) is 0 Å². The summed E-state index contributed by atoms with van der Waals surface area (Å²) in [5.41, 5.74) is 0.500. The molecule has 0 fully saturated rings. The average Bonchev–Trinajstić information content (AvgIpc) is 3.29. The molecule has 9 heteroatoms. The molecule has 2 heterocycles. The first-order chi connectivity index (χ1) is 13.4. The topological polar surface area (TPSA) is 48.3 Å². The number of carbonyl (C=O) groups excluding carboxylic acids is 1. The van der Waals surface area contributed by atoms with Crippen LogP contribution >= 0.6 is 0 Å². The van der Waals surface area contributed by atoms with E-state index in [0.717, 1.165) is 46.4 Å². The number of amides is 2. The summed E-state index contributed by atoms with van der Waals surface area (Å²) in [5.74, 6) is -3.05. The molecule has 2 atom stereocenters. The van der Waals surface area contributed by atoms with Crippen LogP contribution in [0.3, 0.4) is 0 Å². The van der Waals surface area contributed by atoms with Crippen molar-refractivity contribution in [3.8, 4) is 0 Å². The molecule has 0 bridgehead atoms. The van der Waals surface area contributed by atoms with E-state index in [4.69, 9.17) is 0 Å². The van der Waals surface area contributed by atoms with Crippen molar-refractivity contribution in [1.82, 2.24) is 10.0 Å². The molecule has 5 nitrogen and oxygen atoms in total. The van der Waals surface area contributed by atoms with Crippen molar-refractivity contribution in [2.24, 2.45) is 10.2 Å². The average molecular weight is 390 g/mol. The van der Waals surface area contributed by atoms with E-state index in [-0.39, 0.29) is 24.0 Å². The molecule has 28 heavy (non-hydrogen) atoms. The van der Waals surface area contributed by atoms with Gasteiger partial charge in [0.2, 0.25) is 0 Å². The number of carbonyl (C=O) groups is 1. The molecular formula is C19H14F4N4O. The Bertz CT molecular complexity index is 876. The Morgan fingerprint density at radius 3 is 1.43 bits per heavy atom. The molecule has 0 aliphatic carbocycles. The molecule has 2 aliphatic heterocycles. The third kappa shape index (κ3) is 3.35. The molecule has 0 aromatic heterocycles. The summed E-state index contributed by atoms with van der Waals surface area (Å²) in [5, 5.41) is 10.2. The van der Waals surface area contributed by atoms with Crippen molar-refractivity contribution in [1.29, 1.82) is 0 Å². The number of halogens is 4. The van der Waals surface area contributed by atoms with E-state index in [2.05, 4.69) is 10.2 Å². The molecule has 0 spiro atoms. The van der Waals surface area contributed by atoms with E-state index < -0.39 is 41.4 Å². The molecule has 4 rings (SSSR count). The fraction of sp³-hybridized carbons (Fsp3) is 0.211. The lowest BCUT2D eigenvalue weighted by Crippen LogP contribution is -2.38. The maximum absolute atomic E-state index is 13.6. The van der Waals surface area contributed by atoms with Gasteiger partial charge in [-0.1, -0.05) is 0 Å². The number of hydrazone groups is 2. The Labute approximate surface area is 157 Å². The van der Waals surface area contributed by atoms with Crippen molar-refractivity contribution in [3.05, 3.63) is 70.8 Å². The van der Waals surface area contributed by atoms with Crippen LogP contribution in [-0.4, -0.2) is 28.5 Å². The minimum atomic E-state index is -0.762. The molecule has 2 aromatic rings. The first kappa shape index (κ1) is 18.1. The smallest absolute Gasteiger partial charge is 0.244 e. The molecule has 0 unspecified atom stereocenters. The van der Waals surface area contributed by atoms with Crippen molar-refractivity contribution in [2.45, 2.75) is 24.9 Å². The van der Waals surface area contributed by atoms with Crippen molar-refractivity contribution in [2.75, 3.05) is 0 Å². The summed E-state index contributed by atoms with van der Waals surface area (Å²) < 4.78 is 54.3. The van der Waals surface area contributed by atoms with Crippen LogP contribution < -0.4 is 0 Å². The Balaban J connectivity index is 1.62. The zero-order chi connectivity index (χ0) is 19.8. The van der Waals surface area contributed by atoms with Crippen LogP contribution in [-0.2, 0) is 0 Å². The second-order valence-corrected chi connectivity index (χ2v) is 6.48. The van der Waals surface area contributed by atoms with Gasteiger partial charge >= 0.3 is 6.03 Å². The highest BCUT2D eigenvalue weighted by Gasteiger charge is 2.37. The number of hydrogen-bond donors (Lipinski definition) is 0. The van der Waals surface area contributed by atoms with Crippen molar-refractivity contribution >= 4 is 18.5 Å². The fourth-order valence-corrected chi connectivity index (χ4v) is 3.39. The van der Waals surface area contributed by atoms with E-state index in [1.165, 1.54) is 12.4 Å². The SMILES string of the molecule is O=C(N1N=CC[C@H]1c1cc(F)cc(F)c1)N1N=CC[C@H]1c1cc(F)cc(F)c1. The highest BCUT2D eigenvalue weighted by molar-refractivity contribution is 5.81. The standard InChI is InChI=1S/C19H14F4N4O/c20-13-5-11(6-14(21)9-13)17-1-3-24-26(17)19(28)27-18(2-4-25-27)12-7-15(22)10-16(23)8-12/h3-10,17-18H,1-2H2/t17-,18-/m0/s1. The second kappa shape index (κ2) is 7.06. The summed E-state index contributed by atoms with van der Waals surface area (Å²) in [4.78, 5) is 13.0. The Kier molecular flexibility index (Phi) is 4.58. The van der Waals surface area contributed by atoms with Crippen LogP contribution in [0.15, 0.2) is 46.6 Å². The summed E-state index contributed by atoms with van der Waals surface area (Å²) in [6.45, 7) is 0. The maximum atomic E-state index is 13.6. The Hall–Kier alpha value is -3.23. The summed E-state index contributed by atoms with van der Waals surface area (Å²) in [6, 6.07) is 3.94. The van der Waals surface area contributed by atoms with Gasteiger partial charge in [-0.15, -0.1) is 0 Å². The zero-order valence-electron chi connectivity index (χ0n) is 14.4. The molecular weight excluding hydrogens is 376 g/mol. The number of hydrogen-bond acceptors (Lipinski definition) is 3. The molecule has 144 valence electrons. The number of benzene rings is 2. The fourth-order valence-electron chi connectivity index (χ4n) is 3.39. The zero-order valence-corrected chi connectivity index (χ0v) is 14.4.